The summed E-state index contributed by atoms with van der Waals surface area (Å²) in [6, 6.07) is 3.77. The van der Waals surface area contributed by atoms with Crippen LogP contribution in [0.3, 0.4) is 0 Å². The first-order valence-corrected chi connectivity index (χ1v) is 5.69. The normalized spacial score (nSPS) is 26.3. The van der Waals surface area contributed by atoms with Gasteiger partial charge in [-0.2, -0.15) is 0 Å². The van der Waals surface area contributed by atoms with Crippen LogP contribution in [0.1, 0.15) is 25.7 Å². The van der Waals surface area contributed by atoms with Gasteiger partial charge in [0.1, 0.15) is 5.82 Å². The summed E-state index contributed by atoms with van der Waals surface area (Å²) in [5.74, 6) is 0.783. The zero-order valence-corrected chi connectivity index (χ0v) is 9.24. The van der Waals surface area contributed by atoms with E-state index in [-0.39, 0.29) is 12.1 Å². The van der Waals surface area contributed by atoms with Crippen molar-refractivity contribution < 1.29 is 5.11 Å². The molecule has 4 heteroatoms. The first-order chi connectivity index (χ1) is 7.25. The number of hydrogen-bond acceptors (Lipinski definition) is 3. The highest BCUT2D eigenvalue weighted by Gasteiger charge is 2.22. The molecule has 1 fully saturated rings. The van der Waals surface area contributed by atoms with Crippen molar-refractivity contribution >= 4 is 17.4 Å². The van der Waals surface area contributed by atoms with Crippen molar-refractivity contribution in [3.63, 3.8) is 0 Å². The number of anilines is 1. The van der Waals surface area contributed by atoms with Crippen molar-refractivity contribution in [1.29, 1.82) is 0 Å². The molecule has 15 heavy (non-hydrogen) atoms. The summed E-state index contributed by atoms with van der Waals surface area (Å²) in [6.07, 6.45) is 5.53. The molecule has 3 nitrogen and oxygen atoms in total. The number of aliphatic hydroxyl groups is 1. The zero-order chi connectivity index (χ0) is 10.7. The summed E-state index contributed by atoms with van der Waals surface area (Å²) in [6.45, 7) is 0. The number of nitrogens with one attached hydrogen (secondary N) is 1. The van der Waals surface area contributed by atoms with Gasteiger partial charge in [-0.15, -0.1) is 0 Å². The third kappa shape index (κ3) is 2.83. The second kappa shape index (κ2) is 4.81. The predicted octanol–water partition coefficient (Wildman–Crippen LogP) is 2.45. The molecule has 1 heterocycles. The number of pyridine rings is 1. The van der Waals surface area contributed by atoms with Crippen molar-refractivity contribution in [3.05, 3.63) is 23.4 Å². The Kier molecular flexibility index (Phi) is 3.44. The monoisotopic (exact) mass is 226 g/mol. The van der Waals surface area contributed by atoms with Gasteiger partial charge in [-0.25, -0.2) is 4.98 Å². The average molecular weight is 227 g/mol. The fourth-order valence-electron chi connectivity index (χ4n) is 1.93. The zero-order valence-electron chi connectivity index (χ0n) is 8.49. The van der Waals surface area contributed by atoms with E-state index in [9.17, 15) is 5.11 Å². The standard InChI is InChI=1S/C11H15ClN2O/c12-8-5-6-11(13-7-8)14-9-3-1-2-4-10(9)15/h5-7,9-10,15H,1-4H2,(H,13,14). The van der Waals surface area contributed by atoms with Gasteiger partial charge in [0.2, 0.25) is 0 Å². The first kappa shape index (κ1) is 10.7. The first-order valence-electron chi connectivity index (χ1n) is 5.32. The molecule has 2 atom stereocenters. The van der Waals surface area contributed by atoms with Crippen LogP contribution < -0.4 is 5.32 Å². The van der Waals surface area contributed by atoms with Crippen molar-refractivity contribution in [2.24, 2.45) is 0 Å². The summed E-state index contributed by atoms with van der Waals surface area (Å²) >= 11 is 5.74. The van der Waals surface area contributed by atoms with Crippen molar-refractivity contribution in [2.75, 3.05) is 5.32 Å². The van der Waals surface area contributed by atoms with Crippen LogP contribution in [0, 0.1) is 0 Å². The van der Waals surface area contributed by atoms with Gasteiger partial charge in [-0.3, -0.25) is 0 Å². The molecule has 0 saturated heterocycles. The highest BCUT2D eigenvalue weighted by atomic mass is 35.5. The Labute approximate surface area is 94.5 Å². The van der Waals surface area contributed by atoms with Crippen LogP contribution in [-0.2, 0) is 0 Å². The molecule has 1 saturated carbocycles. The largest absolute Gasteiger partial charge is 0.391 e. The number of halogens is 1. The number of rotatable bonds is 2. The molecule has 82 valence electrons. The third-order valence-electron chi connectivity index (χ3n) is 2.79. The maximum absolute atomic E-state index is 9.77. The molecular weight excluding hydrogens is 212 g/mol. The molecule has 1 aromatic heterocycles. The molecule has 1 aliphatic rings. The van der Waals surface area contributed by atoms with Crippen LogP contribution in [0.25, 0.3) is 0 Å². The summed E-state index contributed by atoms with van der Waals surface area (Å²) in [7, 11) is 0. The SMILES string of the molecule is OC1CCCCC1Nc1ccc(Cl)cn1. The lowest BCUT2D eigenvalue weighted by molar-refractivity contribution is 0.116. The summed E-state index contributed by atoms with van der Waals surface area (Å²) < 4.78 is 0. The number of aromatic nitrogens is 1. The Balaban J connectivity index is 1.98. The Hall–Kier alpha value is -0.800. The van der Waals surface area contributed by atoms with Gasteiger partial charge < -0.3 is 10.4 Å². The lowest BCUT2D eigenvalue weighted by atomic mass is 9.92. The van der Waals surface area contributed by atoms with Gasteiger partial charge in [-0.1, -0.05) is 24.4 Å². The van der Waals surface area contributed by atoms with Gasteiger partial charge in [0.05, 0.1) is 17.2 Å². The molecule has 2 unspecified atom stereocenters. The quantitative estimate of drug-likeness (QED) is 0.814. The Morgan fingerprint density at radius 1 is 1.33 bits per heavy atom. The van der Waals surface area contributed by atoms with Crippen LogP contribution >= 0.6 is 11.6 Å². The van der Waals surface area contributed by atoms with Crippen LogP contribution in [0.4, 0.5) is 5.82 Å². The van der Waals surface area contributed by atoms with Gasteiger partial charge in [0, 0.05) is 6.20 Å². The van der Waals surface area contributed by atoms with Gasteiger partial charge in [0.15, 0.2) is 0 Å². The summed E-state index contributed by atoms with van der Waals surface area (Å²) in [4.78, 5) is 4.15. The van der Waals surface area contributed by atoms with E-state index in [1.165, 1.54) is 6.42 Å². The fourth-order valence-corrected chi connectivity index (χ4v) is 2.04. The van der Waals surface area contributed by atoms with E-state index < -0.39 is 0 Å². The Morgan fingerprint density at radius 2 is 2.13 bits per heavy atom. The molecule has 1 aliphatic carbocycles. The molecule has 0 bridgehead atoms. The molecule has 0 aromatic carbocycles. The Bertz CT molecular complexity index is 315. The lowest BCUT2D eigenvalue weighted by Crippen LogP contribution is -2.36. The van der Waals surface area contributed by atoms with Gasteiger partial charge >= 0.3 is 0 Å². The van der Waals surface area contributed by atoms with Crippen LogP contribution in [0.2, 0.25) is 5.02 Å². The van der Waals surface area contributed by atoms with Crippen LogP contribution in [0.5, 0.6) is 0 Å². The maximum atomic E-state index is 9.77. The molecule has 0 radical (unpaired) electrons. The Morgan fingerprint density at radius 3 is 2.80 bits per heavy atom. The smallest absolute Gasteiger partial charge is 0.126 e. The molecule has 2 N–H and O–H groups in total. The highest BCUT2D eigenvalue weighted by Crippen LogP contribution is 2.21. The minimum atomic E-state index is -0.253. The number of aliphatic hydroxyl groups excluding tert-OH is 1. The van der Waals surface area contributed by atoms with Crippen molar-refractivity contribution in [3.8, 4) is 0 Å². The molecule has 0 aliphatic heterocycles. The topological polar surface area (TPSA) is 45.1 Å². The van der Waals surface area contributed by atoms with Gasteiger partial charge in [-0.05, 0) is 25.0 Å². The van der Waals surface area contributed by atoms with Crippen LogP contribution in [0.15, 0.2) is 18.3 Å². The minimum Gasteiger partial charge on any atom is -0.391 e. The maximum Gasteiger partial charge on any atom is 0.126 e. The minimum absolute atomic E-state index is 0.132. The average Bonchev–Trinajstić information content (AvgIpc) is 2.25. The predicted molar refractivity (Wildman–Crippen MR) is 61.1 cm³/mol. The molecule has 1 aromatic rings. The van der Waals surface area contributed by atoms with E-state index in [4.69, 9.17) is 11.6 Å². The third-order valence-corrected chi connectivity index (χ3v) is 3.01. The molecular formula is C11H15ClN2O. The van der Waals surface area contributed by atoms with E-state index >= 15 is 0 Å². The number of hydrogen-bond donors (Lipinski definition) is 2. The number of nitrogens with zero attached hydrogens (tertiary/aromatic N) is 1. The van der Waals surface area contributed by atoms with Crippen LogP contribution in [-0.4, -0.2) is 22.2 Å². The highest BCUT2D eigenvalue weighted by molar-refractivity contribution is 6.30. The van der Waals surface area contributed by atoms with Gasteiger partial charge in [0.25, 0.3) is 0 Å². The van der Waals surface area contributed by atoms with E-state index in [1.807, 2.05) is 6.07 Å². The van der Waals surface area contributed by atoms with Crippen molar-refractivity contribution in [1.82, 2.24) is 4.98 Å². The second-order valence-electron chi connectivity index (χ2n) is 3.96. The lowest BCUT2D eigenvalue weighted by Gasteiger charge is -2.28. The summed E-state index contributed by atoms with van der Waals surface area (Å²) in [5, 5.41) is 13.6. The van der Waals surface area contributed by atoms with E-state index in [0.29, 0.717) is 5.02 Å². The molecule has 2 rings (SSSR count). The van der Waals surface area contributed by atoms with E-state index in [0.717, 1.165) is 25.1 Å². The molecule has 0 spiro atoms. The van der Waals surface area contributed by atoms with E-state index in [2.05, 4.69) is 10.3 Å². The summed E-state index contributed by atoms with van der Waals surface area (Å²) in [5.41, 5.74) is 0. The van der Waals surface area contributed by atoms with E-state index in [1.54, 1.807) is 12.3 Å². The van der Waals surface area contributed by atoms with Crippen molar-refractivity contribution in [2.45, 2.75) is 37.8 Å². The molecule has 0 amide bonds. The second-order valence-corrected chi connectivity index (χ2v) is 4.40. The fraction of sp³-hybridized carbons (Fsp3) is 0.545.